The van der Waals surface area contributed by atoms with E-state index in [0.29, 0.717) is 19.8 Å². The summed E-state index contributed by atoms with van der Waals surface area (Å²) in [5.41, 5.74) is 1.22. The normalized spacial score (nSPS) is 10.2. The number of hydrogen-bond donors (Lipinski definition) is 1. The number of ether oxygens (including phenoxy) is 2. The van der Waals surface area contributed by atoms with Crippen LogP contribution in [0.1, 0.15) is 5.56 Å². The van der Waals surface area contributed by atoms with Gasteiger partial charge in [0.15, 0.2) is 0 Å². The first-order valence-electron chi connectivity index (χ1n) is 5.70. The molecule has 0 radical (unpaired) electrons. The van der Waals surface area contributed by atoms with E-state index in [1.54, 1.807) is 7.11 Å². The molecule has 4 nitrogen and oxygen atoms in total. The van der Waals surface area contributed by atoms with E-state index in [4.69, 9.17) is 9.47 Å². The molecule has 0 aromatic heterocycles. The van der Waals surface area contributed by atoms with E-state index in [0.717, 1.165) is 6.42 Å². The molecule has 0 aliphatic heterocycles. The average Bonchev–Trinajstić information content (AvgIpc) is 2.36. The summed E-state index contributed by atoms with van der Waals surface area (Å²) in [7, 11) is 1.60. The van der Waals surface area contributed by atoms with Gasteiger partial charge >= 0.3 is 0 Å². The van der Waals surface area contributed by atoms with Gasteiger partial charge in [0, 0.05) is 13.7 Å². The molecule has 0 saturated heterocycles. The Kier molecular flexibility index (Phi) is 7.02. The van der Waals surface area contributed by atoms with Crippen LogP contribution in [-0.4, -0.2) is 39.4 Å². The van der Waals surface area contributed by atoms with Gasteiger partial charge in [0.1, 0.15) is 6.61 Å². The van der Waals surface area contributed by atoms with Gasteiger partial charge in [-0.15, -0.1) is 0 Å². The number of rotatable bonds is 8. The molecule has 1 aromatic rings. The molecular formula is C13H19NO3. The first-order chi connectivity index (χ1) is 8.33. The summed E-state index contributed by atoms with van der Waals surface area (Å²) in [5, 5.41) is 2.80. The fourth-order valence-electron chi connectivity index (χ4n) is 1.35. The van der Waals surface area contributed by atoms with Crippen LogP contribution >= 0.6 is 0 Å². The molecule has 0 aliphatic rings. The van der Waals surface area contributed by atoms with Gasteiger partial charge in [0.05, 0.1) is 13.2 Å². The summed E-state index contributed by atoms with van der Waals surface area (Å²) in [4.78, 5) is 11.3. The van der Waals surface area contributed by atoms with Crippen molar-refractivity contribution in [3.05, 3.63) is 35.9 Å². The van der Waals surface area contributed by atoms with Crippen LogP contribution in [0.3, 0.4) is 0 Å². The molecule has 0 bridgehead atoms. The van der Waals surface area contributed by atoms with E-state index in [9.17, 15) is 4.79 Å². The van der Waals surface area contributed by atoms with Crippen LogP contribution in [0.4, 0.5) is 0 Å². The molecule has 0 heterocycles. The van der Waals surface area contributed by atoms with E-state index in [-0.39, 0.29) is 12.5 Å². The van der Waals surface area contributed by atoms with Gasteiger partial charge in [-0.3, -0.25) is 4.79 Å². The third-order valence-electron chi connectivity index (χ3n) is 2.24. The fraction of sp³-hybridized carbons (Fsp3) is 0.462. The quantitative estimate of drug-likeness (QED) is 0.686. The van der Waals surface area contributed by atoms with Gasteiger partial charge < -0.3 is 14.8 Å². The summed E-state index contributed by atoms with van der Waals surface area (Å²) < 4.78 is 9.91. The number of carbonyl (C=O) groups excluding carboxylic acids is 1. The maximum Gasteiger partial charge on any atom is 0.246 e. The molecule has 1 N–H and O–H groups in total. The van der Waals surface area contributed by atoms with Gasteiger partial charge in [-0.05, 0) is 12.0 Å². The van der Waals surface area contributed by atoms with Crippen LogP contribution in [0.15, 0.2) is 30.3 Å². The Morgan fingerprint density at radius 3 is 2.71 bits per heavy atom. The molecule has 1 aromatic carbocycles. The van der Waals surface area contributed by atoms with E-state index in [1.807, 2.05) is 30.3 Å². The maximum atomic E-state index is 11.3. The van der Waals surface area contributed by atoms with Gasteiger partial charge in [-0.2, -0.15) is 0 Å². The van der Waals surface area contributed by atoms with Gasteiger partial charge in [0.25, 0.3) is 0 Å². The van der Waals surface area contributed by atoms with Gasteiger partial charge in [-0.1, -0.05) is 30.3 Å². The summed E-state index contributed by atoms with van der Waals surface area (Å²) in [6.07, 6.45) is 0.838. The van der Waals surface area contributed by atoms with E-state index >= 15 is 0 Å². The smallest absolute Gasteiger partial charge is 0.246 e. The van der Waals surface area contributed by atoms with Gasteiger partial charge in [-0.25, -0.2) is 0 Å². The molecule has 0 unspecified atom stereocenters. The Labute approximate surface area is 102 Å². The highest BCUT2D eigenvalue weighted by atomic mass is 16.5. The van der Waals surface area contributed by atoms with Crippen LogP contribution in [0.2, 0.25) is 0 Å². The number of hydrogen-bond acceptors (Lipinski definition) is 3. The number of nitrogens with one attached hydrogen (secondary N) is 1. The standard InChI is InChI=1S/C13H19NO3/c1-16-9-10-17-11-13(15)14-8-7-12-5-3-2-4-6-12/h2-6H,7-11H2,1H3,(H,14,15). The fourth-order valence-corrected chi connectivity index (χ4v) is 1.35. The SMILES string of the molecule is COCCOCC(=O)NCCc1ccccc1. The van der Waals surface area contributed by atoms with Crippen molar-refractivity contribution in [2.24, 2.45) is 0 Å². The van der Waals surface area contributed by atoms with Crippen molar-refractivity contribution in [3.63, 3.8) is 0 Å². The van der Waals surface area contributed by atoms with Crippen molar-refractivity contribution >= 4 is 5.91 Å². The van der Waals surface area contributed by atoms with Crippen LogP contribution in [0.25, 0.3) is 0 Å². The van der Waals surface area contributed by atoms with Crippen LogP contribution in [0, 0.1) is 0 Å². The van der Waals surface area contributed by atoms with Crippen molar-refractivity contribution in [1.29, 1.82) is 0 Å². The maximum absolute atomic E-state index is 11.3. The minimum Gasteiger partial charge on any atom is -0.382 e. The molecule has 94 valence electrons. The Morgan fingerprint density at radius 2 is 2.00 bits per heavy atom. The lowest BCUT2D eigenvalue weighted by Crippen LogP contribution is -2.29. The summed E-state index contributed by atoms with van der Waals surface area (Å²) in [6, 6.07) is 10.0. The lowest BCUT2D eigenvalue weighted by molar-refractivity contribution is -0.126. The Bertz CT molecular complexity index is 314. The van der Waals surface area contributed by atoms with Crippen molar-refractivity contribution in [1.82, 2.24) is 5.32 Å². The molecule has 0 spiro atoms. The molecular weight excluding hydrogens is 218 g/mol. The number of amides is 1. The molecule has 0 saturated carbocycles. The van der Waals surface area contributed by atoms with Crippen molar-refractivity contribution in [2.45, 2.75) is 6.42 Å². The summed E-state index contributed by atoms with van der Waals surface area (Å²) >= 11 is 0. The van der Waals surface area contributed by atoms with E-state index in [1.165, 1.54) is 5.56 Å². The molecule has 1 amide bonds. The molecule has 0 fully saturated rings. The highest BCUT2D eigenvalue weighted by Crippen LogP contribution is 1.97. The zero-order valence-electron chi connectivity index (χ0n) is 10.1. The lowest BCUT2D eigenvalue weighted by atomic mass is 10.1. The average molecular weight is 237 g/mol. The summed E-state index contributed by atoms with van der Waals surface area (Å²) in [6.45, 7) is 1.69. The predicted octanol–water partition coefficient (Wildman–Crippen LogP) is 1.01. The topological polar surface area (TPSA) is 47.6 Å². The van der Waals surface area contributed by atoms with Crippen LogP contribution < -0.4 is 5.32 Å². The van der Waals surface area contributed by atoms with E-state index < -0.39 is 0 Å². The molecule has 1 rings (SSSR count). The Balaban J connectivity index is 2.04. The number of benzene rings is 1. The third-order valence-corrected chi connectivity index (χ3v) is 2.24. The second kappa shape index (κ2) is 8.73. The predicted molar refractivity (Wildman–Crippen MR) is 65.9 cm³/mol. The third kappa shape index (κ3) is 6.71. The second-order valence-corrected chi connectivity index (χ2v) is 3.63. The Morgan fingerprint density at radius 1 is 1.24 bits per heavy atom. The first-order valence-corrected chi connectivity index (χ1v) is 5.70. The minimum absolute atomic E-state index is 0.0861. The highest BCUT2D eigenvalue weighted by molar-refractivity contribution is 5.77. The summed E-state index contributed by atoms with van der Waals surface area (Å²) in [5.74, 6) is -0.0861. The van der Waals surface area contributed by atoms with Crippen LogP contribution in [-0.2, 0) is 20.7 Å². The highest BCUT2D eigenvalue weighted by Gasteiger charge is 2.00. The minimum atomic E-state index is -0.0861. The first kappa shape index (κ1) is 13.7. The molecule has 0 atom stereocenters. The molecule has 17 heavy (non-hydrogen) atoms. The number of carbonyl (C=O) groups is 1. The zero-order chi connectivity index (χ0) is 12.3. The largest absolute Gasteiger partial charge is 0.382 e. The monoisotopic (exact) mass is 237 g/mol. The van der Waals surface area contributed by atoms with E-state index in [2.05, 4.69) is 5.32 Å². The number of methoxy groups -OCH3 is 1. The molecule has 4 heteroatoms. The zero-order valence-corrected chi connectivity index (χ0v) is 10.1. The van der Waals surface area contributed by atoms with Crippen LogP contribution in [0.5, 0.6) is 0 Å². The van der Waals surface area contributed by atoms with Crippen molar-refractivity contribution in [3.8, 4) is 0 Å². The Hall–Kier alpha value is -1.39. The second-order valence-electron chi connectivity index (χ2n) is 3.63. The van der Waals surface area contributed by atoms with Crippen molar-refractivity contribution < 1.29 is 14.3 Å². The lowest BCUT2D eigenvalue weighted by Gasteiger charge is -2.06. The van der Waals surface area contributed by atoms with Gasteiger partial charge in [0.2, 0.25) is 5.91 Å². The van der Waals surface area contributed by atoms with Crippen molar-refractivity contribution in [2.75, 3.05) is 33.5 Å². The molecule has 0 aliphatic carbocycles.